The Morgan fingerprint density at radius 2 is 1.84 bits per heavy atom. The zero-order valence-electron chi connectivity index (χ0n) is 11.0. The lowest BCUT2D eigenvalue weighted by atomic mass is 10.00. The molecule has 0 spiro atoms. The number of methoxy groups -OCH3 is 1. The third-order valence-electron chi connectivity index (χ3n) is 2.58. The number of ether oxygens (including phenoxy) is 1. The maximum absolute atomic E-state index is 11.7. The first-order valence-corrected chi connectivity index (χ1v) is 5.93. The summed E-state index contributed by atoms with van der Waals surface area (Å²) in [5.74, 6) is -1.06. The van der Waals surface area contributed by atoms with Gasteiger partial charge in [-0.25, -0.2) is 0 Å². The van der Waals surface area contributed by atoms with Crippen molar-refractivity contribution in [1.82, 2.24) is 5.32 Å². The molecule has 0 aliphatic carbocycles. The molecule has 102 valence electrons. The summed E-state index contributed by atoms with van der Waals surface area (Å²) in [5, 5.41) is 2.71. The molecule has 0 heterocycles. The smallest absolute Gasteiger partial charge is 0.313 e. The fourth-order valence-electron chi connectivity index (χ4n) is 1.72. The molecule has 1 rings (SSSR count). The van der Waals surface area contributed by atoms with Crippen molar-refractivity contribution in [2.75, 3.05) is 7.11 Å². The van der Waals surface area contributed by atoms with Gasteiger partial charge in [-0.1, -0.05) is 30.3 Å². The van der Waals surface area contributed by atoms with Crippen molar-refractivity contribution in [2.45, 2.75) is 25.8 Å². The van der Waals surface area contributed by atoms with Crippen molar-refractivity contribution in [1.29, 1.82) is 0 Å². The molecule has 5 heteroatoms. The van der Waals surface area contributed by atoms with Gasteiger partial charge in [-0.3, -0.25) is 14.4 Å². The Bertz CT molecular complexity index is 456. The number of carbonyl (C=O) groups is 3. The van der Waals surface area contributed by atoms with E-state index in [2.05, 4.69) is 10.1 Å². The number of hydrogen-bond acceptors (Lipinski definition) is 4. The van der Waals surface area contributed by atoms with Crippen LogP contribution in [0.5, 0.6) is 0 Å². The van der Waals surface area contributed by atoms with E-state index >= 15 is 0 Å². The minimum Gasteiger partial charge on any atom is -0.469 e. The summed E-state index contributed by atoms with van der Waals surface area (Å²) in [5.41, 5.74) is 0.830. The van der Waals surface area contributed by atoms with Crippen LogP contribution in [0.25, 0.3) is 0 Å². The van der Waals surface area contributed by atoms with Gasteiger partial charge >= 0.3 is 5.97 Å². The summed E-state index contributed by atoms with van der Waals surface area (Å²) in [7, 11) is 1.23. The van der Waals surface area contributed by atoms with Crippen molar-refractivity contribution in [2.24, 2.45) is 0 Å². The predicted octanol–water partition coefficient (Wildman–Crippen LogP) is 1.39. The second kappa shape index (κ2) is 7.31. The van der Waals surface area contributed by atoms with Crippen LogP contribution < -0.4 is 5.32 Å². The number of ketones is 1. The molecule has 1 amide bonds. The summed E-state index contributed by atoms with van der Waals surface area (Å²) in [4.78, 5) is 33.9. The summed E-state index contributed by atoms with van der Waals surface area (Å²) in [6, 6.07) is 8.74. The van der Waals surface area contributed by atoms with Gasteiger partial charge in [-0.05, 0) is 5.56 Å². The van der Waals surface area contributed by atoms with E-state index in [0.717, 1.165) is 5.56 Å². The highest BCUT2D eigenvalue weighted by molar-refractivity contribution is 5.96. The van der Waals surface area contributed by atoms with Crippen molar-refractivity contribution < 1.29 is 19.1 Å². The van der Waals surface area contributed by atoms with Crippen LogP contribution >= 0.6 is 0 Å². The van der Waals surface area contributed by atoms with E-state index in [9.17, 15) is 14.4 Å². The van der Waals surface area contributed by atoms with E-state index in [1.807, 2.05) is 30.3 Å². The molecule has 1 atom stereocenters. The number of rotatable bonds is 6. The lowest BCUT2D eigenvalue weighted by Crippen LogP contribution is -2.28. The predicted molar refractivity (Wildman–Crippen MR) is 69.3 cm³/mol. The molecule has 1 aromatic carbocycles. The van der Waals surface area contributed by atoms with E-state index < -0.39 is 12.0 Å². The van der Waals surface area contributed by atoms with Gasteiger partial charge in [0.05, 0.1) is 13.2 Å². The van der Waals surface area contributed by atoms with Gasteiger partial charge in [-0.15, -0.1) is 0 Å². The zero-order valence-corrected chi connectivity index (χ0v) is 11.0. The lowest BCUT2D eigenvalue weighted by Gasteiger charge is -2.17. The average Bonchev–Trinajstić information content (AvgIpc) is 2.38. The molecule has 0 saturated carbocycles. The van der Waals surface area contributed by atoms with E-state index in [-0.39, 0.29) is 24.5 Å². The van der Waals surface area contributed by atoms with Crippen molar-refractivity contribution in [3.05, 3.63) is 35.9 Å². The Morgan fingerprint density at radius 3 is 2.37 bits per heavy atom. The molecule has 0 aliphatic rings. The number of nitrogens with one attached hydrogen (secondary N) is 1. The molecule has 0 aliphatic heterocycles. The fraction of sp³-hybridized carbons (Fsp3) is 0.357. The largest absolute Gasteiger partial charge is 0.469 e. The monoisotopic (exact) mass is 263 g/mol. The van der Waals surface area contributed by atoms with Crippen LogP contribution in [0.2, 0.25) is 0 Å². The first-order valence-electron chi connectivity index (χ1n) is 5.93. The van der Waals surface area contributed by atoms with Crippen molar-refractivity contribution >= 4 is 17.7 Å². The Hall–Kier alpha value is -2.17. The number of benzene rings is 1. The fourth-order valence-corrected chi connectivity index (χ4v) is 1.72. The summed E-state index contributed by atoms with van der Waals surface area (Å²) >= 11 is 0. The van der Waals surface area contributed by atoms with Crippen LogP contribution in [0, 0.1) is 0 Å². The molecule has 0 radical (unpaired) electrons. The maximum atomic E-state index is 11.7. The first kappa shape index (κ1) is 14.9. The highest BCUT2D eigenvalue weighted by atomic mass is 16.5. The number of hydrogen-bond donors (Lipinski definition) is 1. The van der Waals surface area contributed by atoms with E-state index in [1.165, 1.54) is 14.0 Å². The third-order valence-corrected chi connectivity index (χ3v) is 2.58. The highest BCUT2D eigenvalue weighted by Gasteiger charge is 2.18. The summed E-state index contributed by atoms with van der Waals surface area (Å²) < 4.78 is 4.44. The van der Waals surface area contributed by atoms with Crippen LogP contribution in [-0.4, -0.2) is 24.8 Å². The topological polar surface area (TPSA) is 72.5 Å². The Balaban J connectivity index is 2.73. The van der Waals surface area contributed by atoms with Crippen LogP contribution in [0.3, 0.4) is 0 Å². The molecule has 19 heavy (non-hydrogen) atoms. The lowest BCUT2D eigenvalue weighted by molar-refractivity contribution is -0.143. The van der Waals surface area contributed by atoms with Gasteiger partial charge in [0.25, 0.3) is 0 Å². The molecule has 0 fully saturated rings. The SMILES string of the molecule is COC(=O)CC(=O)CC(NC(C)=O)c1ccccc1. The molecule has 5 nitrogen and oxygen atoms in total. The molecule has 0 bridgehead atoms. The van der Waals surface area contributed by atoms with E-state index in [4.69, 9.17) is 0 Å². The molecular formula is C14H17NO4. The zero-order chi connectivity index (χ0) is 14.3. The molecule has 0 saturated heterocycles. The Morgan fingerprint density at radius 1 is 1.21 bits per heavy atom. The van der Waals surface area contributed by atoms with Gasteiger partial charge < -0.3 is 10.1 Å². The van der Waals surface area contributed by atoms with Crippen LogP contribution in [0.1, 0.15) is 31.4 Å². The van der Waals surface area contributed by atoms with Gasteiger partial charge in [0.2, 0.25) is 5.91 Å². The van der Waals surface area contributed by atoms with Gasteiger partial charge in [-0.2, -0.15) is 0 Å². The van der Waals surface area contributed by atoms with Crippen molar-refractivity contribution in [3.8, 4) is 0 Å². The minimum atomic E-state index is -0.570. The Kier molecular flexibility index (Phi) is 5.73. The highest BCUT2D eigenvalue weighted by Crippen LogP contribution is 2.17. The molecule has 1 aromatic rings. The molecule has 1 unspecified atom stereocenters. The third kappa shape index (κ3) is 5.33. The molecule has 1 N–H and O–H groups in total. The molecule has 0 aromatic heterocycles. The number of amides is 1. The van der Waals surface area contributed by atoms with Crippen LogP contribution in [0.4, 0.5) is 0 Å². The van der Waals surface area contributed by atoms with E-state index in [0.29, 0.717) is 0 Å². The summed E-state index contributed by atoms with van der Waals surface area (Å²) in [6.45, 7) is 1.39. The van der Waals surface area contributed by atoms with Crippen LogP contribution in [0.15, 0.2) is 30.3 Å². The van der Waals surface area contributed by atoms with Gasteiger partial charge in [0.1, 0.15) is 12.2 Å². The van der Waals surface area contributed by atoms with E-state index in [1.54, 1.807) is 0 Å². The second-order valence-corrected chi connectivity index (χ2v) is 4.16. The molecular weight excluding hydrogens is 246 g/mol. The van der Waals surface area contributed by atoms with Gasteiger partial charge in [0.15, 0.2) is 0 Å². The number of carbonyl (C=O) groups excluding carboxylic acids is 3. The van der Waals surface area contributed by atoms with Crippen LogP contribution in [-0.2, 0) is 19.1 Å². The number of Topliss-reactive ketones (excluding diaryl/α,β-unsaturated/α-hetero) is 1. The maximum Gasteiger partial charge on any atom is 0.313 e. The average molecular weight is 263 g/mol. The summed E-state index contributed by atoms with van der Waals surface area (Å²) in [6.07, 6.45) is -0.210. The Labute approximate surface area is 111 Å². The first-order chi connectivity index (χ1) is 9.02. The quantitative estimate of drug-likeness (QED) is 0.621. The second-order valence-electron chi connectivity index (χ2n) is 4.16. The minimum absolute atomic E-state index is 0.0681. The normalized spacial score (nSPS) is 11.5. The standard InChI is InChI=1S/C14H17NO4/c1-10(16)15-13(11-6-4-3-5-7-11)8-12(17)9-14(18)19-2/h3-7,13H,8-9H2,1-2H3,(H,15,16). The van der Waals surface area contributed by atoms with Crippen molar-refractivity contribution in [3.63, 3.8) is 0 Å². The van der Waals surface area contributed by atoms with Gasteiger partial charge in [0, 0.05) is 13.3 Å². The number of esters is 1.